The average molecular weight is 410 g/mol. The normalized spacial score (nSPS) is 15.3. The predicted molar refractivity (Wildman–Crippen MR) is 135 cm³/mol. The molecule has 0 rings (SSSR count). The number of hydrogen-bond donors (Lipinski definition) is 0. The molecule has 0 aromatic carbocycles. The fourth-order valence-electron chi connectivity index (χ4n) is 5.97. The van der Waals surface area contributed by atoms with Gasteiger partial charge >= 0.3 is 0 Å². The summed E-state index contributed by atoms with van der Waals surface area (Å²) in [6, 6.07) is 0. The van der Waals surface area contributed by atoms with Gasteiger partial charge in [0.1, 0.15) is 0 Å². The molecule has 0 aliphatic rings. The summed E-state index contributed by atoms with van der Waals surface area (Å²) < 4.78 is 0. The van der Waals surface area contributed by atoms with E-state index in [4.69, 9.17) is 0 Å². The third-order valence-corrected chi connectivity index (χ3v) is 6.42. The largest absolute Gasteiger partial charge is 0.298 e. The fraction of sp³-hybridized carbons (Fsp3) is 1.00. The van der Waals surface area contributed by atoms with Gasteiger partial charge in [-0.3, -0.25) is 4.90 Å². The van der Waals surface area contributed by atoms with Crippen LogP contribution in [0.3, 0.4) is 0 Å². The molecular weight excluding hydrogens is 350 g/mol. The molecule has 0 aromatic heterocycles. The summed E-state index contributed by atoms with van der Waals surface area (Å²) >= 11 is 0. The molecule has 29 heavy (non-hydrogen) atoms. The van der Waals surface area contributed by atoms with E-state index in [1.807, 2.05) is 0 Å². The lowest BCUT2D eigenvalue weighted by molar-refractivity contribution is 0.0151. The van der Waals surface area contributed by atoms with Gasteiger partial charge in [0.2, 0.25) is 0 Å². The summed E-state index contributed by atoms with van der Waals surface area (Å²) in [6.45, 7) is 38.8. The van der Waals surface area contributed by atoms with Gasteiger partial charge in [0.05, 0.1) is 0 Å². The van der Waals surface area contributed by atoms with E-state index in [0.29, 0.717) is 27.1 Å². The lowest BCUT2D eigenvalue weighted by Crippen LogP contribution is -2.51. The molecule has 1 nitrogen and oxygen atoms in total. The van der Waals surface area contributed by atoms with Crippen LogP contribution in [-0.2, 0) is 0 Å². The van der Waals surface area contributed by atoms with E-state index in [1.165, 1.54) is 45.2 Å². The van der Waals surface area contributed by atoms with Crippen molar-refractivity contribution in [1.82, 2.24) is 4.90 Å². The molecular formula is C28H59N. The lowest BCUT2D eigenvalue weighted by atomic mass is 9.72. The average Bonchev–Trinajstić information content (AvgIpc) is 2.36. The Morgan fingerprint density at radius 1 is 0.517 bits per heavy atom. The van der Waals surface area contributed by atoms with E-state index >= 15 is 0 Å². The maximum absolute atomic E-state index is 2.85. The first-order valence-corrected chi connectivity index (χ1v) is 12.2. The molecule has 0 saturated carbocycles. The molecule has 0 bridgehead atoms. The molecule has 0 aliphatic heterocycles. The smallest absolute Gasteiger partial charge is 0.0158 e. The fourth-order valence-corrected chi connectivity index (χ4v) is 5.97. The van der Waals surface area contributed by atoms with Gasteiger partial charge in [-0.1, -0.05) is 96.4 Å². The van der Waals surface area contributed by atoms with Crippen molar-refractivity contribution in [3.8, 4) is 0 Å². The Bertz CT molecular complexity index is 479. The van der Waals surface area contributed by atoms with Crippen LogP contribution in [0.15, 0.2) is 0 Å². The Kier molecular flexibility index (Phi) is 9.61. The lowest BCUT2D eigenvalue weighted by Gasteiger charge is -2.48. The van der Waals surface area contributed by atoms with Crippen molar-refractivity contribution in [2.75, 3.05) is 13.1 Å². The molecule has 0 saturated heterocycles. The molecule has 0 atom stereocenters. The van der Waals surface area contributed by atoms with Gasteiger partial charge in [-0.2, -0.15) is 0 Å². The van der Waals surface area contributed by atoms with Crippen molar-refractivity contribution in [1.29, 1.82) is 0 Å². The highest BCUT2D eigenvalue weighted by Gasteiger charge is 2.38. The van der Waals surface area contributed by atoms with E-state index in [1.54, 1.807) is 0 Å². The molecule has 0 aliphatic carbocycles. The number of hydrogen-bond acceptors (Lipinski definition) is 1. The van der Waals surface area contributed by atoms with E-state index in [0.717, 1.165) is 0 Å². The Labute approximate surface area is 186 Å². The Morgan fingerprint density at radius 2 is 0.931 bits per heavy atom. The van der Waals surface area contributed by atoms with Gasteiger partial charge in [0.25, 0.3) is 0 Å². The molecule has 1 heteroatoms. The van der Waals surface area contributed by atoms with E-state index in [2.05, 4.69) is 109 Å². The van der Waals surface area contributed by atoms with Crippen LogP contribution in [0.5, 0.6) is 0 Å². The zero-order valence-corrected chi connectivity index (χ0v) is 23.4. The van der Waals surface area contributed by atoms with Crippen molar-refractivity contribution in [2.45, 2.75) is 141 Å². The minimum atomic E-state index is 0.215. The summed E-state index contributed by atoms with van der Waals surface area (Å²) in [5.74, 6) is 0. The van der Waals surface area contributed by atoms with Crippen LogP contribution in [0.2, 0.25) is 0 Å². The Balaban J connectivity index is 5.60. The van der Waals surface area contributed by atoms with Crippen molar-refractivity contribution >= 4 is 0 Å². The second kappa shape index (κ2) is 9.62. The van der Waals surface area contributed by atoms with Gasteiger partial charge in [0.15, 0.2) is 0 Å². The quantitative estimate of drug-likeness (QED) is 0.328. The van der Waals surface area contributed by atoms with Gasteiger partial charge < -0.3 is 0 Å². The molecule has 0 amide bonds. The SMILES string of the molecule is CCC(C)(C)CC(C)(C)N(CCC(C)(C)CC(C)(C)C)CC(C)(C)CC(C)(C)C. The minimum Gasteiger partial charge on any atom is -0.298 e. The van der Waals surface area contributed by atoms with Gasteiger partial charge in [-0.15, -0.1) is 0 Å². The van der Waals surface area contributed by atoms with Crippen LogP contribution in [0, 0.1) is 27.1 Å². The van der Waals surface area contributed by atoms with Crippen LogP contribution >= 0.6 is 0 Å². The van der Waals surface area contributed by atoms with Crippen molar-refractivity contribution in [2.24, 2.45) is 27.1 Å². The van der Waals surface area contributed by atoms with Gasteiger partial charge in [0, 0.05) is 12.1 Å². The molecule has 0 radical (unpaired) electrons. The van der Waals surface area contributed by atoms with Crippen LogP contribution in [0.1, 0.15) is 136 Å². The highest BCUT2D eigenvalue weighted by molar-refractivity contribution is 4.92. The second-order valence-electron chi connectivity index (χ2n) is 15.5. The van der Waals surface area contributed by atoms with Crippen LogP contribution in [0.25, 0.3) is 0 Å². The van der Waals surface area contributed by atoms with Crippen molar-refractivity contribution in [3.63, 3.8) is 0 Å². The highest BCUT2D eigenvalue weighted by atomic mass is 15.2. The summed E-state index contributed by atoms with van der Waals surface area (Å²) in [6.07, 6.45) is 6.30. The highest BCUT2D eigenvalue weighted by Crippen LogP contribution is 2.41. The third kappa shape index (κ3) is 13.1. The first-order valence-electron chi connectivity index (χ1n) is 12.2. The molecule has 0 heterocycles. The summed E-state index contributed by atoms with van der Waals surface area (Å²) in [4.78, 5) is 2.85. The van der Waals surface area contributed by atoms with E-state index < -0.39 is 0 Å². The third-order valence-electron chi connectivity index (χ3n) is 6.42. The first kappa shape index (κ1) is 29.0. The zero-order chi connectivity index (χ0) is 23.5. The first-order chi connectivity index (χ1) is 12.5. The Morgan fingerprint density at radius 3 is 1.31 bits per heavy atom. The standard InChI is InChI=1S/C28H59N/c1-16-25(8,9)21-28(14,15)29(22-27(12,13)20-24(5,6)7)18-17-26(10,11)19-23(2,3)4/h16-22H2,1-15H3. The summed E-state index contributed by atoms with van der Waals surface area (Å²) in [5, 5.41) is 0. The van der Waals surface area contributed by atoms with Crippen LogP contribution in [0.4, 0.5) is 0 Å². The van der Waals surface area contributed by atoms with Crippen LogP contribution in [-0.4, -0.2) is 23.5 Å². The number of rotatable bonds is 11. The molecule has 0 aromatic rings. The molecule has 0 N–H and O–H groups in total. The summed E-state index contributed by atoms with van der Waals surface area (Å²) in [5.41, 5.74) is 2.05. The second-order valence-corrected chi connectivity index (χ2v) is 15.5. The minimum absolute atomic E-state index is 0.215. The van der Waals surface area contributed by atoms with Gasteiger partial charge in [-0.05, 0) is 73.2 Å². The van der Waals surface area contributed by atoms with Crippen LogP contribution < -0.4 is 0 Å². The summed E-state index contributed by atoms with van der Waals surface area (Å²) in [7, 11) is 0. The maximum Gasteiger partial charge on any atom is 0.0158 e. The van der Waals surface area contributed by atoms with E-state index in [9.17, 15) is 0 Å². The topological polar surface area (TPSA) is 3.24 Å². The molecule has 0 spiro atoms. The maximum atomic E-state index is 2.85. The van der Waals surface area contributed by atoms with Crippen molar-refractivity contribution < 1.29 is 0 Å². The van der Waals surface area contributed by atoms with E-state index in [-0.39, 0.29) is 5.54 Å². The predicted octanol–water partition coefficient (Wildman–Crippen LogP) is 9.21. The van der Waals surface area contributed by atoms with Crippen molar-refractivity contribution in [3.05, 3.63) is 0 Å². The Hall–Kier alpha value is -0.0400. The number of nitrogens with zero attached hydrogens (tertiary/aromatic N) is 1. The molecule has 0 fully saturated rings. The monoisotopic (exact) mass is 409 g/mol. The molecule has 0 unspecified atom stereocenters. The molecule has 176 valence electrons. The zero-order valence-electron chi connectivity index (χ0n) is 23.4. The van der Waals surface area contributed by atoms with Gasteiger partial charge in [-0.25, -0.2) is 0 Å².